The summed E-state index contributed by atoms with van der Waals surface area (Å²) in [5, 5.41) is 0. The predicted octanol–water partition coefficient (Wildman–Crippen LogP) is 1.86. The summed E-state index contributed by atoms with van der Waals surface area (Å²) in [7, 11) is 1.50. The first-order valence-corrected chi connectivity index (χ1v) is 6.83. The Hall–Kier alpha value is -1.89. The molecular weight excluding hydrogens is 279 g/mol. The SMILES string of the molecule is CCOC(=O)/C(F)=C\c1c(C)nc(OC)n1C[C@@H]1CCO1. The first-order chi connectivity index (χ1) is 10.1. The van der Waals surface area contributed by atoms with Crippen molar-refractivity contribution in [3.05, 3.63) is 17.2 Å². The molecule has 21 heavy (non-hydrogen) atoms. The van der Waals surface area contributed by atoms with Crippen LogP contribution in [0.3, 0.4) is 0 Å². The van der Waals surface area contributed by atoms with E-state index >= 15 is 0 Å². The maximum Gasteiger partial charge on any atom is 0.367 e. The molecule has 1 atom stereocenters. The number of methoxy groups -OCH3 is 1. The monoisotopic (exact) mass is 298 g/mol. The lowest BCUT2D eigenvalue weighted by Gasteiger charge is -2.27. The van der Waals surface area contributed by atoms with E-state index in [1.807, 2.05) is 0 Å². The van der Waals surface area contributed by atoms with Gasteiger partial charge in [-0.1, -0.05) is 0 Å². The van der Waals surface area contributed by atoms with Gasteiger partial charge in [-0.25, -0.2) is 4.79 Å². The Kier molecular flexibility index (Phi) is 4.95. The standard InChI is InChI=1S/C14H19FN2O4/c1-4-20-13(18)11(15)7-12-9(2)16-14(19-3)17(12)8-10-5-6-21-10/h7,10H,4-6,8H2,1-3H3/b11-7+/t10-/m0/s1. The van der Waals surface area contributed by atoms with E-state index in [4.69, 9.17) is 9.47 Å². The molecule has 2 heterocycles. The molecule has 2 rings (SSSR count). The number of carbonyl (C=O) groups excluding carboxylic acids is 1. The number of hydrogen-bond acceptors (Lipinski definition) is 5. The van der Waals surface area contributed by atoms with Crippen molar-refractivity contribution in [1.82, 2.24) is 9.55 Å². The molecule has 7 heteroatoms. The molecule has 116 valence electrons. The van der Waals surface area contributed by atoms with Gasteiger partial charge >= 0.3 is 5.97 Å². The van der Waals surface area contributed by atoms with E-state index in [1.165, 1.54) is 7.11 Å². The Labute approximate surface area is 122 Å². The van der Waals surface area contributed by atoms with Crippen LogP contribution < -0.4 is 4.74 Å². The van der Waals surface area contributed by atoms with E-state index in [0.29, 0.717) is 23.9 Å². The molecule has 6 nitrogen and oxygen atoms in total. The number of halogens is 1. The molecule has 0 aliphatic carbocycles. The highest BCUT2D eigenvalue weighted by Crippen LogP contribution is 2.24. The number of hydrogen-bond donors (Lipinski definition) is 0. The van der Waals surface area contributed by atoms with E-state index in [-0.39, 0.29) is 12.7 Å². The fraction of sp³-hybridized carbons (Fsp3) is 0.571. The van der Waals surface area contributed by atoms with Gasteiger partial charge in [0, 0.05) is 12.7 Å². The Morgan fingerprint density at radius 2 is 2.33 bits per heavy atom. The summed E-state index contributed by atoms with van der Waals surface area (Å²) in [6, 6.07) is 0.367. The van der Waals surface area contributed by atoms with E-state index in [9.17, 15) is 9.18 Å². The van der Waals surface area contributed by atoms with Crippen molar-refractivity contribution in [2.24, 2.45) is 0 Å². The van der Waals surface area contributed by atoms with Gasteiger partial charge in [0.1, 0.15) is 0 Å². The van der Waals surface area contributed by atoms with Crippen molar-refractivity contribution in [3.63, 3.8) is 0 Å². The molecule has 0 bridgehead atoms. The lowest BCUT2D eigenvalue weighted by atomic mass is 10.2. The lowest BCUT2D eigenvalue weighted by molar-refractivity contribution is -0.140. The van der Waals surface area contributed by atoms with E-state index in [2.05, 4.69) is 9.72 Å². The van der Waals surface area contributed by atoms with Gasteiger partial charge in [-0.2, -0.15) is 9.37 Å². The summed E-state index contributed by atoms with van der Waals surface area (Å²) >= 11 is 0. The molecule has 0 saturated carbocycles. The van der Waals surface area contributed by atoms with Crippen molar-refractivity contribution < 1.29 is 23.4 Å². The fourth-order valence-electron chi connectivity index (χ4n) is 2.09. The topological polar surface area (TPSA) is 62.6 Å². The molecule has 0 unspecified atom stereocenters. The van der Waals surface area contributed by atoms with Crippen LogP contribution in [0, 0.1) is 6.92 Å². The van der Waals surface area contributed by atoms with Gasteiger partial charge in [0.15, 0.2) is 0 Å². The highest BCUT2D eigenvalue weighted by Gasteiger charge is 2.24. The number of esters is 1. The minimum absolute atomic E-state index is 0.0605. The number of ether oxygens (including phenoxy) is 3. The molecule has 1 fully saturated rings. The average Bonchev–Trinajstić information content (AvgIpc) is 2.70. The number of aromatic nitrogens is 2. The molecule has 1 aromatic heterocycles. The third-order valence-corrected chi connectivity index (χ3v) is 3.25. The van der Waals surface area contributed by atoms with E-state index < -0.39 is 11.8 Å². The quantitative estimate of drug-likeness (QED) is 0.592. The minimum atomic E-state index is -0.983. The summed E-state index contributed by atoms with van der Waals surface area (Å²) in [5.74, 6) is -1.94. The third kappa shape index (κ3) is 3.41. The molecule has 0 radical (unpaired) electrons. The summed E-state index contributed by atoms with van der Waals surface area (Å²) in [5.41, 5.74) is 1.05. The second-order valence-electron chi connectivity index (χ2n) is 4.67. The van der Waals surface area contributed by atoms with Crippen LogP contribution in [0.2, 0.25) is 0 Å². The van der Waals surface area contributed by atoms with Crippen LogP contribution in [0.1, 0.15) is 24.7 Å². The smallest absolute Gasteiger partial charge is 0.367 e. The van der Waals surface area contributed by atoms with Crippen molar-refractivity contribution in [2.75, 3.05) is 20.3 Å². The molecule has 1 aliphatic heterocycles. The second-order valence-corrected chi connectivity index (χ2v) is 4.67. The van der Waals surface area contributed by atoms with Gasteiger partial charge in [-0.15, -0.1) is 0 Å². The minimum Gasteiger partial charge on any atom is -0.468 e. The average molecular weight is 298 g/mol. The molecule has 0 aromatic carbocycles. The zero-order valence-corrected chi connectivity index (χ0v) is 12.4. The lowest BCUT2D eigenvalue weighted by Crippen LogP contribution is -2.31. The van der Waals surface area contributed by atoms with Gasteiger partial charge in [-0.05, 0) is 20.3 Å². The van der Waals surface area contributed by atoms with Crippen LogP contribution in [-0.4, -0.2) is 41.9 Å². The van der Waals surface area contributed by atoms with Crippen molar-refractivity contribution in [2.45, 2.75) is 32.9 Å². The van der Waals surface area contributed by atoms with Crippen LogP contribution in [0.5, 0.6) is 6.01 Å². The van der Waals surface area contributed by atoms with Crippen LogP contribution in [-0.2, 0) is 20.8 Å². The van der Waals surface area contributed by atoms with Crippen LogP contribution in [0.4, 0.5) is 4.39 Å². The van der Waals surface area contributed by atoms with Crippen molar-refractivity contribution >= 4 is 12.0 Å². The molecule has 0 spiro atoms. The first kappa shape index (κ1) is 15.5. The first-order valence-electron chi connectivity index (χ1n) is 6.83. The molecule has 1 aromatic rings. The number of imidazole rings is 1. The van der Waals surface area contributed by atoms with Crippen LogP contribution >= 0.6 is 0 Å². The molecular formula is C14H19FN2O4. The second kappa shape index (κ2) is 6.71. The number of carbonyl (C=O) groups is 1. The van der Waals surface area contributed by atoms with Gasteiger partial charge in [0.05, 0.1) is 37.8 Å². The molecule has 0 N–H and O–H groups in total. The zero-order chi connectivity index (χ0) is 15.4. The Balaban J connectivity index is 2.30. The third-order valence-electron chi connectivity index (χ3n) is 3.25. The maximum absolute atomic E-state index is 13.8. The highest BCUT2D eigenvalue weighted by atomic mass is 19.1. The van der Waals surface area contributed by atoms with Gasteiger partial charge in [-0.3, -0.25) is 4.57 Å². The van der Waals surface area contributed by atoms with Crippen LogP contribution in [0.15, 0.2) is 5.83 Å². The molecule has 1 saturated heterocycles. The van der Waals surface area contributed by atoms with E-state index in [0.717, 1.165) is 19.1 Å². The predicted molar refractivity (Wildman–Crippen MR) is 73.6 cm³/mol. The summed E-state index contributed by atoms with van der Waals surface area (Å²) in [6.45, 7) is 4.70. The maximum atomic E-state index is 13.8. The highest BCUT2D eigenvalue weighted by molar-refractivity contribution is 5.91. The zero-order valence-electron chi connectivity index (χ0n) is 12.4. The largest absolute Gasteiger partial charge is 0.468 e. The molecule has 1 aliphatic rings. The Bertz CT molecular complexity index is 549. The summed E-state index contributed by atoms with van der Waals surface area (Å²) in [6.07, 6.45) is 2.12. The normalized spacial score (nSPS) is 18.3. The van der Waals surface area contributed by atoms with Gasteiger partial charge in [0.25, 0.3) is 6.01 Å². The number of rotatable bonds is 6. The fourth-order valence-corrected chi connectivity index (χ4v) is 2.09. The number of nitrogens with zero attached hydrogens (tertiary/aromatic N) is 2. The van der Waals surface area contributed by atoms with Gasteiger partial charge < -0.3 is 14.2 Å². The Morgan fingerprint density at radius 1 is 1.62 bits per heavy atom. The molecule has 0 amide bonds. The van der Waals surface area contributed by atoms with Crippen molar-refractivity contribution in [1.29, 1.82) is 0 Å². The van der Waals surface area contributed by atoms with Crippen LogP contribution in [0.25, 0.3) is 6.08 Å². The Morgan fingerprint density at radius 3 is 2.86 bits per heavy atom. The number of aryl methyl sites for hydroxylation is 1. The summed E-state index contributed by atoms with van der Waals surface area (Å²) < 4.78 is 30.8. The van der Waals surface area contributed by atoms with Gasteiger partial charge in [0.2, 0.25) is 5.83 Å². The summed E-state index contributed by atoms with van der Waals surface area (Å²) in [4.78, 5) is 15.6. The van der Waals surface area contributed by atoms with Crippen molar-refractivity contribution in [3.8, 4) is 6.01 Å². The van der Waals surface area contributed by atoms with E-state index in [1.54, 1.807) is 18.4 Å².